The zero-order chi connectivity index (χ0) is 15.4. The maximum atomic E-state index is 11.9. The lowest BCUT2D eigenvalue weighted by molar-refractivity contribution is -0.384. The number of anilines is 1. The van der Waals surface area contributed by atoms with Crippen molar-refractivity contribution in [2.75, 3.05) is 16.4 Å². The molecule has 0 unspecified atom stereocenters. The van der Waals surface area contributed by atoms with Crippen LogP contribution >= 0.6 is 0 Å². The summed E-state index contributed by atoms with van der Waals surface area (Å²) in [6, 6.07) is 1.65. The number of nitrogens with zero attached hydrogens (tertiary/aromatic N) is 2. The van der Waals surface area contributed by atoms with Crippen LogP contribution in [-0.2, 0) is 9.84 Å². The van der Waals surface area contributed by atoms with E-state index < -0.39 is 38.6 Å². The van der Waals surface area contributed by atoms with Crippen molar-refractivity contribution < 1.29 is 23.2 Å². The maximum Gasteiger partial charge on any atom is 0.322 e. The lowest BCUT2D eigenvalue weighted by Gasteiger charge is -2.21. The van der Waals surface area contributed by atoms with Crippen molar-refractivity contribution >= 4 is 27.2 Å². The molecular weight excluding hydrogens is 302 g/mol. The molecule has 3 rings (SSSR count). The van der Waals surface area contributed by atoms with Crippen LogP contribution in [0.2, 0.25) is 0 Å². The predicted molar refractivity (Wildman–Crippen MR) is 72.0 cm³/mol. The van der Waals surface area contributed by atoms with Crippen LogP contribution in [0.4, 0.5) is 16.2 Å². The Bertz CT molecular complexity index is 746. The average Bonchev–Trinajstić information content (AvgIpc) is 2.80. The number of amides is 2. The van der Waals surface area contributed by atoms with E-state index in [0.29, 0.717) is 0 Å². The summed E-state index contributed by atoms with van der Waals surface area (Å²) in [4.78, 5) is 23.1. The van der Waals surface area contributed by atoms with Gasteiger partial charge in [0.2, 0.25) is 0 Å². The van der Waals surface area contributed by atoms with Crippen LogP contribution in [0.5, 0.6) is 5.75 Å². The number of non-ortho nitro benzene ring substituents is 1. The Labute approximate surface area is 119 Å². The number of phenols is 1. The number of hydrogen-bond donors (Lipinski definition) is 2. The van der Waals surface area contributed by atoms with E-state index in [0.717, 1.165) is 17.0 Å². The van der Waals surface area contributed by atoms with E-state index >= 15 is 0 Å². The molecule has 2 saturated heterocycles. The molecule has 9 nitrogen and oxygen atoms in total. The molecule has 0 saturated carbocycles. The highest BCUT2D eigenvalue weighted by Gasteiger charge is 2.49. The molecule has 0 spiro atoms. The highest BCUT2D eigenvalue weighted by molar-refractivity contribution is 7.91. The van der Waals surface area contributed by atoms with Gasteiger partial charge in [-0.3, -0.25) is 15.0 Å². The quantitative estimate of drug-likeness (QED) is 0.449. The minimum Gasteiger partial charge on any atom is -0.505 e. The first-order valence-electron chi connectivity index (χ1n) is 6.06. The van der Waals surface area contributed by atoms with Gasteiger partial charge in [0.25, 0.3) is 5.69 Å². The van der Waals surface area contributed by atoms with E-state index in [-0.39, 0.29) is 22.9 Å². The number of fused-ring (bicyclic) bond motifs is 1. The van der Waals surface area contributed by atoms with Crippen molar-refractivity contribution in [3.8, 4) is 5.75 Å². The van der Waals surface area contributed by atoms with Crippen LogP contribution in [0.25, 0.3) is 0 Å². The van der Waals surface area contributed by atoms with Gasteiger partial charge in [0, 0.05) is 6.07 Å². The molecule has 21 heavy (non-hydrogen) atoms. The summed E-state index contributed by atoms with van der Waals surface area (Å²) in [6.07, 6.45) is 0. The summed E-state index contributed by atoms with van der Waals surface area (Å²) in [5, 5.41) is 23.1. The molecule has 2 atom stereocenters. The number of carbonyl (C=O) groups is 1. The Kier molecular flexibility index (Phi) is 2.80. The summed E-state index contributed by atoms with van der Waals surface area (Å²) in [7, 11) is -3.25. The smallest absolute Gasteiger partial charge is 0.322 e. The third kappa shape index (κ3) is 2.17. The van der Waals surface area contributed by atoms with Gasteiger partial charge in [-0.2, -0.15) is 0 Å². The largest absolute Gasteiger partial charge is 0.505 e. The Morgan fingerprint density at radius 1 is 1.38 bits per heavy atom. The number of sulfone groups is 1. The van der Waals surface area contributed by atoms with Crippen molar-refractivity contribution in [3.05, 3.63) is 28.3 Å². The second-order valence-electron chi connectivity index (χ2n) is 5.00. The number of urea groups is 1. The summed E-state index contributed by atoms with van der Waals surface area (Å²) in [5.74, 6) is -0.787. The van der Waals surface area contributed by atoms with Crippen LogP contribution < -0.4 is 10.2 Å². The highest BCUT2D eigenvalue weighted by Crippen LogP contribution is 2.36. The molecule has 10 heteroatoms. The van der Waals surface area contributed by atoms with Gasteiger partial charge >= 0.3 is 6.03 Å². The van der Waals surface area contributed by atoms with Crippen molar-refractivity contribution in [2.45, 2.75) is 12.1 Å². The highest BCUT2D eigenvalue weighted by atomic mass is 32.2. The number of carbonyl (C=O) groups excluding carboxylic acids is 1. The first-order chi connectivity index (χ1) is 9.78. The average molecular weight is 313 g/mol. The number of nitro groups is 1. The standard InChI is InChI=1S/C11H11N3O6S/c15-10-3-6(14(17)18)1-2-8(10)13-9-5-21(19,20)4-7(9)12-11(13)16/h1-3,7,9,15H,4-5H2,(H,12,16)/t7-,9+/m1/s1. The van der Waals surface area contributed by atoms with Gasteiger partial charge in [0.1, 0.15) is 5.75 Å². The first-order valence-corrected chi connectivity index (χ1v) is 7.88. The van der Waals surface area contributed by atoms with Crippen LogP contribution in [0.3, 0.4) is 0 Å². The second kappa shape index (κ2) is 4.32. The minimum atomic E-state index is -3.25. The van der Waals surface area contributed by atoms with Crippen LogP contribution in [0.15, 0.2) is 18.2 Å². The fourth-order valence-electron chi connectivity index (χ4n) is 2.72. The molecule has 0 aromatic heterocycles. The third-order valence-electron chi connectivity index (χ3n) is 3.61. The normalized spacial score (nSPS) is 26.5. The van der Waals surface area contributed by atoms with E-state index in [9.17, 15) is 28.4 Å². The van der Waals surface area contributed by atoms with Gasteiger partial charge in [0.15, 0.2) is 9.84 Å². The molecule has 2 heterocycles. The summed E-state index contributed by atoms with van der Waals surface area (Å²) in [6.45, 7) is 0. The number of nitro benzene ring substituents is 1. The molecule has 1 aromatic carbocycles. The number of phenolic OH excluding ortho intramolecular Hbond substituents is 1. The Hall–Kier alpha value is -2.36. The van der Waals surface area contributed by atoms with Gasteiger partial charge in [-0.15, -0.1) is 0 Å². The fraction of sp³-hybridized carbons (Fsp3) is 0.364. The molecule has 2 aliphatic rings. The van der Waals surface area contributed by atoms with Crippen LogP contribution in [0, 0.1) is 10.1 Å². The number of benzene rings is 1. The lowest BCUT2D eigenvalue weighted by Crippen LogP contribution is -2.36. The van der Waals surface area contributed by atoms with Crippen molar-refractivity contribution in [1.29, 1.82) is 0 Å². The van der Waals surface area contributed by atoms with Crippen molar-refractivity contribution in [3.63, 3.8) is 0 Å². The van der Waals surface area contributed by atoms with Crippen LogP contribution in [-0.4, -0.2) is 48.1 Å². The Balaban J connectivity index is 2.00. The van der Waals surface area contributed by atoms with Gasteiger partial charge in [-0.25, -0.2) is 13.2 Å². The molecule has 2 amide bonds. The summed E-state index contributed by atoms with van der Waals surface area (Å²) < 4.78 is 23.3. The number of aromatic hydroxyl groups is 1. The molecule has 2 N–H and O–H groups in total. The minimum absolute atomic E-state index is 0.0581. The SMILES string of the molecule is O=C1N[C@@H]2CS(=O)(=O)C[C@@H]2N1c1ccc([N+](=O)[O-])cc1O. The van der Waals surface area contributed by atoms with E-state index in [1.807, 2.05) is 0 Å². The molecule has 0 aliphatic carbocycles. The van der Waals surface area contributed by atoms with Gasteiger partial charge < -0.3 is 10.4 Å². The summed E-state index contributed by atoms with van der Waals surface area (Å²) in [5.41, 5.74) is -0.255. The summed E-state index contributed by atoms with van der Waals surface area (Å²) >= 11 is 0. The lowest BCUT2D eigenvalue weighted by atomic mass is 10.1. The van der Waals surface area contributed by atoms with Crippen molar-refractivity contribution in [1.82, 2.24) is 5.32 Å². The molecule has 0 bridgehead atoms. The Morgan fingerprint density at radius 3 is 2.71 bits per heavy atom. The van der Waals surface area contributed by atoms with Gasteiger partial charge in [-0.05, 0) is 6.07 Å². The molecule has 0 radical (unpaired) electrons. The number of hydrogen-bond acceptors (Lipinski definition) is 6. The van der Waals surface area contributed by atoms with E-state index in [1.165, 1.54) is 6.07 Å². The zero-order valence-corrected chi connectivity index (χ0v) is 11.4. The molecular formula is C11H11N3O6S. The third-order valence-corrected chi connectivity index (χ3v) is 5.33. The van der Waals surface area contributed by atoms with E-state index in [4.69, 9.17) is 0 Å². The first kappa shape index (κ1) is 13.6. The zero-order valence-electron chi connectivity index (χ0n) is 10.6. The maximum absolute atomic E-state index is 11.9. The van der Waals surface area contributed by atoms with E-state index in [1.54, 1.807) is 0 Å². The number of rotatable bonds is 2. The topological polar surface area (TPSA) is 130 Å². The van der Waals surface area contributed by atoms with Crippen LogP contribution in [0.1, 0.15) is 0 Å². The number of nitrogens with one attached hydrogen (secondary N) is 1. The van der Waals surface area contributed by atoms with Crippen molar-refractivity contribution in [2.24, 2.45) is 0 Å². The fourth-order valence-corrected chi connectivity index (χ4v) is 4.61. The van der Waals surface area contributed by atoms with Gasteiger partial charge in [-0.1, -0.05) is 0 Å². The van der Waals surface area contributed by atoms with E-state index in [2.05, 4.69) is 5.32 Å². The molecule has 1 aromatic rings. The Morgan fingerprint density at radius 2 is 2.10 bits per heavy atom. The molecule has 2 fully saturated rings. The molecule has 2 aliphatic heterocycles. The predicted octanol–water partition coefficient (Wildman–Crippen LogP) is -0.00440. The monoisotopic (exact) mass is 313 g/mol. The second-order valence-corrected chi connectivity index (χ2v) is 7.15. The molecule has 112 valence electrons. The van der Waals surface area contributed by atoms with Gasteiger partial charge in [0.05, 0.1) is 40.3 Å².